The van der Waals surface area contributed by atoms with Gasteiger partial charge in [0.05, 0.1) is 4.88 Å². The van der Waals surface area contributed by atoms with Crippen molar-refractivity contribution in [2.24, 2.45) is 11.7 Å². The summed E-state index contributed by atoms with van der Waals surface area (Å²) in [4.78, 5) is 17.0. The average Bonchev–Trinajstić information content (AvgIpc) is 2.91. The fourth-order valence-corrected chi connectivity index (χ4v) is 5.41. The van der Waals surface area contributed by atoms with Crippen LogP contribution in [0.15, 0.2) is 6.07 Å². The summed E-state index contributed by atoms with van der Waals surface area (Å²) < 4.78 is 0. The Morgan fingerprint density at radius 1 is 1.40 bits per heavy atom. The van der Waals surface area contributed by atoms with Crippen molar-refractivity contribution in [2.45, 2.75) is 31.4 Å². The minimum Gasteiger partial charge on any atom is -0.338 e. The van der Waals surface area contributed by atoms with Crippen molar-refractivity contribution in [1.29, 1.82) is 0 Å². The summed E-state index contributed by atoms with van der Waals surface area (Å²) in [6, 6.07) is 2.14. The standard InChI is InChI=1S/C15H22N2OS2/c16-5-1-11-2-6-17(7-3-11)15(18)14-9-12-10-19-8-4-13(12)20-14/h9,11H,1-8,10,16H2. The highest BCUT2D eigenvalue weighted by molar-refractivity contribution is 7.98. The second kappa shape index (κ2) is 6.50. The predicted octanol–water partition coefficient (Wildman–Crippen LogP) is 2.74. The molecule has 0 aromatic carbocycles. The molecule has 0 spiro atoms. The second-order valence-corrected chi connectivity index (χ2v) is 7.92. The fourth-order valence-electron chi connectivity index (χ4n) is 3.07. The lowest BCUT2D eigenvalue weighted by Crippen LogP contribution is -2.38. The molecule has 0 aliphatic carbocycles. The minimum atomic E-state index is 0.251. The van der Waals surface area contributed by atoms with Gasteiger partial charge in [0.25, 0.3) is 5.91 Å². The van der Waals surface area contributed by atoms with Crippen LogP contribution in [0.2, 0.25) is 0 Å². The Hall–Kier alpha value is -0.520. The summed E-state index contributed by atoms with van der Waals surface area (Å²) in [5.41, 5.74) is 7.02. The first kappa shape index (κ1) is 14.4. The van der Waals surface area contributed by atoms with Crippen LogP contribution in [0.1, 0.15) is 39.4 Å². The number of fused-ring (bicyclic) bond motifs is 1. The summed E-state index contributed by atoms with van der Waals surface area (Å²) in [6.45, 7) is 2.58. The van der Waals surface area contributed by atoms with Gasteiger partial charge in [0, 0.05) is 23.7 Å². The largest absolute Gasteiger partial charge is 0.338 e. The molecule has 1 amide bonds. The molecule has 0 bridgehead atoms. The Morgan fingerprint density at radius 3 is 2.90 bits per heavy atom. The number of thiophene rings is 1. The van der Waals surface area contributed by atoms with Gasteiger partial charge in [0.15, 0.2) is 0 Å². The number of hydrogen-bond acceptors (Lipinski definition) is 4. The van der Waals surface area contributed by atoms with E-state index in [1.807, 2.05) is 16.7 Å². The zero-order valence-corrected chi connectivity index (χ0v) is 13.4. The molecule has 3 heterocycles. The Kier molecular flexibility index (Phi) is 4.68. The van der Waals surface area contributed by atoms with Crippen LogP contribution in [0.25, 0.3) is 0 Å². The van der Waals surface area contributed by atoms with Crippen molar-refractivity contribution in [1.82, 2.24) is 4.90 Å². The predicted molar refractivity (Wildman–Crippen MR) is 86.5 cm³/mol. The molecule has 2 aliphatic heterocycles. The van der Waals surface area contributed by atoms with Gasteiger partial charge in [0.2, 0.25) is 0 Å². The van der Waals surface area contributed by atoms with Crippen molar-refractivity contribution < 1.29 is 4.79 Å². The van der Waals surface area contributed by atoms with E-state index in [1.165, 1.54) is 16.2 Å². The lowest BCUT2D eigenvalue weighted by Gasteiger charge is -2.31. The first-order valence-corrected chi connectivity index (χ1v) is 9.43. The molecule has 20 heavy (non-hydrogen) atoms. The average molecular weight is 310 g/mol. The van der Waals surface area contributed by atoms with Gasteiger partial charge in [-0.1, -0.05) is 0 Å². The highest BCUT2D eigenvalue weighted by Crippen LogP contribution is 2.33. The number of hydrogen-bond donors (Lipinski definition) is 1. The van der Waals surface area contributed by atoms with Crippen molar-refractivity contribution >= 4 is 29.0 Å². The molecule has 0 saturated carbocycles. The van der Waals surface area contributed by atoms with Gasteiger partial charge >= 0.3 is 0 Å². The third kappa shape index (κ3) is 3.05. The van der Waals surface area contributed by atoms with E-state index >= 15 is 0 Å². The van der Waals surface area contributed by atoms with E-state index in [0.29, 0.717) is 0 Å². The molecule has 1 saturated heterocycles. The van der Waals surface area contributed by atoms with Crippen molar-refractivity contribution in [3.63, 3.8) is 0 Å². The van der Waals surface area contributed by atoms with Crippen LogP contribution in [0, 0.1) is 5.92 Å². The minimum absolute atomic E-state index is 0.251. The van der Waals surface area contributed by atoms with Crippen LogP contribution < -0.4 is 5.73 Å². The highest BCUT2D eigenvalue weighted by Gasteiger charge is 2.25. The molecule has 5 heteroatoms. The fraction of sp³-hybridized carbons (Fsp3) is 0.667. The van der Waals surface area contributed by atoms with Gasteiger partial charge in [-0.2, -0.15) is 11.8 Å². The number of amides is 1. The van der Waals surface area contributed by atoms with E-state index in [2.05, 4.69) is 6.07 Å². The monoisotopic (exact) mass is 310 g/mol. The molecule has 1 aromatic heterocycles. The van der Waals surface area contributed by atoms with Crippen LogP contribution in [-0.4, -0.2) is 36.2 Å². The van der Waals surface area contributed by atoms with E-state index in [0.717, 1.165) is 61.9 Å². The Balaban J connectivity index is 1.63. The maximum Gasteiger partial charge on any atom is 0.263 e. The smallest absolute Gasteiger partial charge is 0.263 e. The lowest BCUT2D eigenvalue weighted by atomic mass is 9.93. The molecule has 3 nitrogen and oxygen atoms in total. The van der Waals surface area contributed by atoms with Crippen molar-refractivity contribution in [3.8, 4) is 0 Å². The molecule has 0 atom stereocenters. The molecule has 2 aliphatic rings. The number of thioether (sulfide) groups is 1. The van der Waals surface area contributed by atoms with Gasteiger partial charge in [-0.25, -0.2) is 0 Å². The quantitative estimate of drug-likeness (QED) is 0.934. The van der Waals surface area contributed by atoms with Crippen LogP contribution in [0.5, 0.6) is 0 Å². The first-order valence-electron chi connectivity index (χ1n) is 7.46. The third-order valence-electron chi connectivity index (χ3n) is 4.32. The van der Waals surface area contributed by atoms with Crippen LogP contribution in [-0.2, 0) is 12.2 Å². The number of rotatable bonds is 3. The van der Waals surface area contributed by atoms with E-state index < -0.39 is 0 Å². The second-order valence-electron chi connectivity index (χ2n) is 5.67. The number of carbonyl (C=O) groups is 1. The highest BCUT2D eigenvalue weighted by atomic mass is 32.2. The van der Waals surface area contributed by atoms with Crippen LogP contribution in [0.4, 0.5) is 0 Å². The van der Waals surface area contributed by atoms with Crippen molar-refractivity contribution in [3.05, 3.63) is 21.4 Å². The Labute approximate surface area is 128 Å². The van der Waals surface area contributed by atoms with E-state index in [9.17, 15) is 4.79 Å². The zero-order chi connectivity index (χ0) is 13.9. The van der Waals surface area contributed by atoms with Gasteiger partial charge in [0.1, 0.15) is 0 Å². The lowest BCUT2D eigenvalue weighted by molar-refractivity contribution is 0.0693. The van der Waals surface area contributed by atoms with Crippen molar-refractivity contribution in [2.75, 3.05) is 25.4 Å². The molecule has 2 N–H and O–H groups in total. The third-order valence-corrected chi connectivity index (χ3v) is 6.55. The summed E-state index contributed by atoms with van der Waals surface area (Å²) in [7, 11) is 0. The summed E-state index contributed by atoms with van der Waals surface area (Å²) >= 11 is 3.70. The molecule has 0 unspecified atom stereocenters. The molecule has 0 radical (unpaired) electrons. The Bertz CT molecular complexity index is 455. The van der Waals surface area contributed by atoms with Gasteiger partial charge in [-0.05, 0) is 55.5 Å². The van der Waals surface area contributed by atoms with Crippen LogP contribution in [0.3, 0.4) is 0 Å². The number of piperidine rings is 1. The maximum absolute atomic E-state index is 12.6. The maximum atomic E-state index is 12.6. The number of nitrogens with zero attached hydrogens (tertiary/aromatic N) is 1. The van der Waals surface area contributed by atoms with Gasteiger partial charge in [-0.3, -0.25) is 4.79 Å². The zero-order valence-electron chi connectivity index (χ0n) is 11.8. The SMILES string of the molecule is NCCC1CCN(C(=O)c2cc3c(s2)CCSC3)CC1. The molecular formula is C15H22N2OS2. The summed E-state index contributed by atoms with van der Waals surface area (Å²) in [5.74, 6) is 3.25. The number of carbonyl (C=O) groups excluding carboxylic acids is 1. The summed E-state index contributed by atoms with van der Waals surface area (Å²) in [5, 5.41) is 0. The first-order chi connectivity index (χ1) is 9.78. The number of likely N-dealkylation sites (tertiary alicyclic amines) is 1. The molecular weight excluding hydrogens is 288 g/mol. The molecule has 3 rings (SSSR count). The van der Waals surface area contributed by atoms with E-state index in [4.69, 9.17) is 5.73 Å². The number of nitrogens with two attached hydrogens (primary N) is 1. The molecule has 1 aromatic rings. The summed E-state index contributed by atoms with van der Waals surface area (Å²) in [6.07, 6.45) is 4.47. The Morgan fingerprint density at radius 2 is 2.20 bits per heavy atom. The van der Waals surface area contributed by atoms with Gasteiger partial charge < -0.3 is 10.6 Å². The number of aryl methyl sites for hydroxylation is 1. The normalized spacial score (nSPS) is 19.9. The van der Waals surface area contributed by atoms with E-state index in [1.54, 1.807) is 11.3 Å². The van der Waals surface area contributed by atoms with Gasteiger partial charge in [-0.15, -0.1) is 11.3 Å². The topological polar surface area (TPSA) is 46.3 Å². The molecule has 1 fully saturated rings. The van der Waals surface area contributed by atoms with E-state index in [-0.39, 0.29) is 5.91 Å². The van der Waals surface area contributed by atoms with Crippen LogP contribution >= 0.6 is 23.1 Å². The molecule has 110 valence electrons.